The third-order valence-corrected chi connectivity index (χ3v) is 20.2. The summed E-state index contributed by atoms with van der Waals surface area (Å²) in [5.41, 5.74) is 1.02. The summed E-state index contributed by atoms with van der Waals surface area (Å²) in [4.78, 5) is -0.0848. The normalized spacial score (nSPS) is 31.7. The average molecular weight is 886 g/mol. The number of hydrogen-bond acceptors (Lipinski definition) is 1. The van der Waals surface area contributed by atoms with Gasteiger partial charge in [0, 0.05) is 5.92 Å². The molecule has 0 heterocycles. The van der Waals surface area contributed by atoms with E-state index in [4.69, 9.17) is 0 Å². The summed E-state index contributed by atoms with van der Waals surface area (Å²) in [6, 6.07) is 7.15. The van der Waals surface area contributed by atoms with Gasteiger partial charge < -0.3 is 5.11 Å². The van der Waals surface area contributed by atoms with Crippen LogP contribution in [0.4, 0.5) is 0 Å². The van der Waals surface area contributed by atoms with Crippen LogP contribution in [-0.4, -0.2) is 22.9 Å². The lowest BCUT2D eigenvalue weighted by Crippen LogP contribution is -2.66. The Labute approximate surface area is 204 Å². The Morgan fingerprint density at radius 3 is 1.41 bits per heavy atom. The molecule has 0 bridgehead atoms. The topological polar surface area (TPSA) is 20.2 Å². The first-order chi connectivity index (χ1) is 9.78. The molecule has 1 N–H and O–H groups in total. The van der Waals surface area contributed by atoms with Crippen LogP contribution in [0, 0.1) is 0 Å². The zero-order chi connectivity index (χ0) is 17.1. The number of aromatic hydroxyl groups is 1. The Morgan fingerprint density at radius 2 is 1.05 bits per heavy atom. The van der Waals surface area contributed by atoms with E-state index >= 15 is 0 Å². The molecule has 1 fully saturated rings. The Balaban J connectivity index is 2.70. The molecule has 0 spiro atoms. The van der Waals surface area contributed by atoms with E-state index in [0.717, 1.165) is 5.56 Å². The first-order valence-corrected chi connectivity index (χ1v) is 13.0. The summed E-state index contributed by atoms with van der Waals surface area (Å²) < 4.78 is -2.24. The number of phenolic OH excluding ortho intramolecular Hbond substituents is 1. The van der Waals surface area contributed by atoms with Gasteiger partial charge in [0.2, 0.25) is 0 Å². The van der Waals surface area contributed by atoms with Crippen LogP contribution in [0.25, 0.3) is 0 Å². The SMILES string of the molecule is Oc1ccc(C2C(Br)(Br)C(Br)(Br)C(Br)C(Br)(Br)C2(Br)Br)cc1. The van der Waals surface area contributed by atoms with Crippen molar-refractivity contribution in [2.45, 2.75) is 23.7 Å². The molecule has 1 aliphatic rings. The van der Waals surface area contributed by atoms with Gasteiger partial charge in [0.15, 0.2) is 0 Å². The van der Waals surface area contributed by atoms with Gasteiger partial charge in [0.25, 0.3) is 0 Å². The number of rotatable bonds is 1. The summed E-state index contributed by atoms with van der Waals surface area (Å²) in [5.74, 6) is 0.127. The van der Waals surface area contributed by atoms with Crippen molar-refractivity contribution in [3.05, 3.63) is 29.8 Å². The van der Waals surface area contributed by atoms with Gasteiger partial charge in [-0.1, -0.05) is 156 Å². The minimum atomic E-state index is -0.573. The van der Waals surface area contributed by atoms with E-state index in [2.05, 4.69) is 143 Å². The molecule has 124 valence electrons. The number of alkyl halides is 9. The largest absolute Gasteiger partial charge is 0.508 e. The van der Waals surface area contributed by atoms with Crippen molar-refractivity contribution in [3.63, 3.8) is 0 Å². The van der Waals surface area contributed by atoms with Gasteiger partial charge in [-0.05, 0) is 17.7 Å². The van der Waals surface area contributed by atoms with E-state index in [1.54, 1.807) is 12.1 Å². The molecular weight excluding hydrogens is 879 g/mol. The monoisotopic (exact) mass is 877 g/mol. The second-order valence-corrected chi connectivity index (χ2v) is 20.1. The molecule has 1 aliphatic carbocycles. The number of phenols is 1. The maximum absolute atomic E-state index is 9.57. The Morgan fingerprint density at radius 1 is 0.682 bits per heavy atom. The van der Waals surface area contributed by atoms with Crippen LogP contribution in [0.3, 0.4) is 0 Å². The highest BCUT2D eigenvalue weighted by Gasteiger charge is 2.73. The van der Waals surface area contributed by atoms with Crippen LogP contribution >= 0.6 is 143 Å². The summed E-state index contributed by atoms with van der Waals surface area (Å²) in [6.07, 6.45) is 0. The van der Waals surface area contributed by atoms with Crippen molar-refractivity contribution in [2.24, 2.45) is 0 Å². The number of hydrogen-bond donors (Lipinski definition) is 1. The molecule has 1 aromatic rings. The van der Waals surface area contributed by atoms with E-state index < -0.39 is 12.9 Å². The van der Waals surface area contributed by atoms with Crippen LogP contribution in [0.2, 0.25) is 0 Å². The lowest BCUT2D eigenvalue weighted by molar-refractivity contribution is 0.450. The quantitative estimate of drug-likeness (QED) is 0.283. The van der Waals surface area contributed by atoms with Crippen LogP contribution in [0.5, 0.6) is 5.75 Å². The van der Waals surface area contributed by atoms with Crippen LogP contribution < -0.4 is 0 Å². The first-order valence-electron chi connectivity index (χ1n) is 5.72. The molecule has 2 rings (SSSR count). The zero-order valence-corrected chi connectivity index (χ0v) is 24.6. The highest BCUT2D eigenvalue weighted by molar-refractivity contribution is 9.32. The molecule has 0 radical (unpaired) electrons. The molecule has 10 heteroatoms. The van der Waals surface area contributed by atoms with E-state index in [9.17, 15) is 5.11 Å². The fourth-order valence-electron chi connectivity index (χ4n) is 2.26. The molecule has 0 aromatic heterocycles. The summed E-state index contributed by atoms with van der Waals surface area (Å²) in [6.45, 7) is 0. The lowest BCUT2D eigenvalue weighted by Gasteiger charge is -2.59. The third kappa shape index (κ3) is 3.31. The van der Waals surface area contributed by atoms with Crippen molar-refractivity contribution >= 4 is 143 Å². The van der Waals surface area contributed by atoms with Gasteiger partial charge in [-0.15, -0.1) is 0 Å². The van der Waals surface area contributed by atoms with Gasteiger partial charge in [-0.2, -0.15) is 0 Å². The van der Waals surface area contributed by atoms with Gasteiger partial charge in [0.05, 0.1) is 4.83 Å². The molecule has 22 heavy (non-hydrogen) atoms. The molecule has 0 atom stereocenters. The Hall–Kier alpha value is 3.34. The lowest BCUT2D eigenvalue weighted by atomic mass is 9.83. The van der Waals surface area contributed by atoms with E-state index in [-0.39, 0.29) is 16.5 Å². The van der Waals surface area contributed by atoms with Gasteiger partial charge >= 0.3 is 0 Å². The highest BCUT2D eigenvalue weighted by atomic mass is 79.9. The van der Waals surface area contributed by atoms with Crippen molar-refractivity contribution in [1.29, 1.82) is 0 Å². The van der Waals surface area contributed by atoms with Gasteiger partial charge in [0.1, 0.15) is 18.7 Å². The van der Waals surface area contributed by atoms with Gasteiger partial charge in [-0.3, -0.25) is 0 Å². The maximum atomic E-state index is 9.57. The standard InChI is InChI=1S/C12H7Br9O/c13-8-11(18,19)9(14,15)7(10(16,17)12(8,20)21)5-1-3-6(22)4-2-5/h1-4,7-8,22H. The van der Waals surface area contributed by atoms with Crippen molar-refractivity contribution in [3.8, 4) is 5.75 Å². The van der Waals surface area contributed by atoms with E-state index in [1.165, 1.54) is 0 Å². The first kappa shape index (κ1) is 21.6. The van der Waals surface area contributed by atoms with Crippen molar-refractivity contribution < 1.29 is 5.11 Å². The van der Waals surface area contributed by atoms with Crippen molar-refractivity contribution in [1.82, 2.24) is 0 Å². The predicted molar refractivity (Wildman–Crippen MR) is 126 cm³/mol. The predicted octanol–water partition coefficient (Wildman–Crippen LogP) is 8.20. The molecular formula is C12H7Br9O. The Kier molecular flexibility index (Phi) is 6.94. The second-order valence-electron chi connectivity index (χ2n) is 4.88. The Bertz CT molecular complexity index is 538. The summed E-state index contributed by atoms with van der Waals surface area (Å²) in [5, 5.41) is 9.57. The minimum absolute atomic E-state index is 0.0848. The van der Waals surface area contributed by atoms with E-state index in [1.807, 2.05) is 12.1 Å². The molecule has 1 nitrogen and oxygen atoms in total. The molecule has 1 saturated carbocycles. The van der Waals surface area contributed by atoms with Crippen LogP contribution in [0.1, 0.15) is 11.5 Å². The molecule has 1 aromatic carbocycles. The molecule has 0 saturated heterocycles. The smallest absolute Gasteiger partial charge is 0.121 e. The molecule has 0 amide bonds. The number of benzene rings is 1. The van der Waals surface area contributed by atoms with Gasteiger partial charge in [-0.25, -0.2) is 0 Å². The summed E-state index contributed by atoms with van der Waals surface area (Å²) >= 11 is 34.2. The maximum Gasteiger partial charge on any atom is 0.121 e. The highest BCUT2D eigenvalue weighted by Crippen LogP contribution is 2.75. The minimum Gasteiger partial charge on any atom is -0.508 e. The third-order valence-electron chi connectivity index (χ3n) is 3.48. The summed E-state index contributed by atoms with van der Waals surface area (Å²) in [7, 11) is 0. The fraction of sp³-hybridized carbons (Fsp3) is 0.500. The van der Waals surface area contributed by atoms with Crippen molar-refractivity contribution in [2.75, 3.05) is 0 Å². The molecule has 0 aliphatic heterocycles. The van der Waals surface area contributed by atoms with Crippen LogP contribution in [0.15, 0.2) is 24.3 Å². The molecule has 0 unspecified atom stereocenters. The average Bonchev–Trinajstić information content (AvgIpc) is 2.38. The second kappa shape index (κ2) is 7.06. The zero-order valence-electron chi connectivity index (χ0n) is 10.3. The fourth-order valence-corrected chi connectivity index (χ4v) is 12.3. The van der Waals surface area contributed by atoms with E-state index in [0.29, 0.717) is 0 Å². The number of halogens is 9. The van der Waals surface area contributed by atoms with Crippen LogP contribution in [-0.2, 0) is 0 Å².